The van der Waals surface area contributed by atoms with Crippen molar-refractivity contribution >= 4 is 11.8 Å². The number of nitrogens with two attached hydrogens (primary N) is 1. The number of para-hydroxylation sites is 1. The number of hydrogen-bond acceptors (Lipinski definition) is 5. The molecule has 7 heteroatoms. The van der Waals surface area contributed by atoms with Gasteiger partial charge < -0.3 is 26.0 Å². The zero-order valence-electron chi connectivity index (χ0n) is 11.8. The van der Waals surface area contributed by atoms with Crippen molar-refractivity contribution < 1.29 is 24.5 Å². The second-order valence-corrected chi connectivity index (χ2v) is 4.65. The second kappa shape index (κ2) is 7.61. The lowest BCUT2D eigenvalue weighted by atomic mass is 9.98. The summed E-state index contributed by atoms with van der Waals surface area (Å²) in [7, 11) is 0. The van der Waals surface area contributed by atoms with Crippen molar-refractivity contribution in [3.63, 3.8) is 0 Å². The van der Waals surface area contributed by atoms with E-state index >= 15 is 0 Å². The molecule has 0 radical (unpaired) electrons. The van der Waals surface area contributed by atoms with Gasteiger partial charge in [0, 0.05) is 0 Å². The highest BCUT2D eigenvalue weighted by molar-refractivity contribution is 5.95. The standard InChI is InChI=1S/C14H20N2O5/c1-2-14(8-17,9-18)16-12(19)7-21-11-6-4-3-5-10(11)13(15)20/h3-6,17-18H,2,7-9H2,1H3,(H2,15,20)(H,16,19). The molecule has 2 amide bonds. The van der Waals surface area contributed by atoms with Crippen molar-refractivity contribution in [1.29, 1.82) is 0 Å². The van der Waals surface area contributed by atoms with Gasteiger partial charge in [0.05, 0.1) is 24.3 Å². The summed E-state index contributed by atoms with van der Waals surface area (Å²) in [6.07, 6.45) is 0.365. The Kier molecular flexibility index (Phi) is 6.13. The predicted octanol–water partition coefficient (Wildman–Crippen LogP) is -0.586. The molecule has 0 aliphatic rings. The van der Waals surface area contributed by atoms with Gasteiger partial charge in [0.15, 0.2) is 6.61 Å². The molecule has 0 saturated carbocycles. The van der Waals surface area contributed by atoms with Gasteiger partial charge in [-0.2, -0.15) is 0 Å². The smallest absolute Gasteiger partial charge is 0.258 e. The molecule has 116 valence electrons. The Morgan fingerprint density at radius 1 is 1.29 bits per heavy atom. The van der Waals surface area contributed by atoms with E-state index in [-0.39, 0.29) is 31.1 Å². The van der Waals surface area contributed by atoms with Gasteiger partial charge in [-0.1, -0.05) is 19.1 Å². The van der Waals surface area contributed by atoms with Crippen LogP contribution < -0.4 is 15.8 Å². The predicted molar refractivity (Wildman–Crippen MR) is 75.8 cm³/mol. The maximum Gasteiger partial charge on any atom is 0.258 e. The molecule has 21 heavy (non-hydrogen) atoms. The number of nitrogens with one attached hydrogen (secondary N) is 1. The van der Waals surface area contributed by atoms with Crippen molar-refractivity contribution in [3.8, 4) is 5.75 Å². The molecule has 1 aromatic rings. The fourth-order valence-electron chi connectivity index (χ4n) is 1.71. The Bertz CT molecular complexity index is 492. The maximum absolute atomic E-state index is 11.8. The summed E-state index contributed by atoms with van der Waals surface area (Å²) in [6.45, 7) is 0.606. The largest absolute Gasteiger partial charge is 0.483 e. The molecule has 0 atom stereocenters. The molecule has 0 aromatic heterocycles. The van der Waals surface area contributed by atoms with Crippen molar-refractivity contribution in [2.75, 3.05) is 19.8 Å². The number of benzene rings is 1. The normalized spacial score (nSPS) is 11.0. The Morgan fingerprint density at radius 2 is 1.90 bits per heavy atom. The van der Waals surface area contributed by atoms with Crippen molar-refractivity contribution in [2.45, 2.75) is 18.9 Å². The Morgan fingerprint density at radius 3 is 2.43 bits per heavy atom. The van der Waals surface area contributed by atoms with Crippen LogP contribution in [0, 0.1) is 0 Å². The molecule has 0 unspecified atom stereocenters. The van der Waals surface area contributed by atoms with Crippen LogP contribution in [0.5, 0.6) is 5.75 Å². The third-order valence-corrected chi connectivity index (χ3v) is 3.20. The summed E-state index contributed by atoms with van der Waals surface area (Å²) >= 11 is 0. The highest BCUT2D eigenvalue weighted by Crippen LogP contribution is 2.17. The maximum atomic E-state index is 11.8. The molecular formula is C14H20N2O5. The molecule has 0 aliphatic carbocycles. The van der Waals surface area contributed by atoms with E-state index in [1.807, 2.05) is 0 Å². The summed E-state index contributed by atoms with van der Waals surface area (Å²) in [5.41, 5.74) is 4.30. The molecule has 0 aliphatic heterocycles. The summed E-state index contributed by atoms with van der Waals surface area (Å²) in [6, 6.07) is 6.30. The van der Waals surface area contributed by atoms with Crippen LogP contribution in [0.3, 0.4) is 0 Å². The summed E-state index contributed by atoms with van der Waals surface area (Å²) in [4.78, 5) is 23.0. The number of ether oxygens (including phenoxy) is 1. The van der Waals surface area contributed by atoms with Crippen LogP contribution in [0.2, 0.25) is 0 Å². The molecule has 7 nitrogen and oxygen atoms in total. The van der Waals surface area contributed by atoms with Crippen molar-refractivity contribution in [1.82, 2.24) is 5.32 Å². The minimum absolute atomic E-state index is 0.177. The molecule has 1 rings (SSSR count). The van der Waals surface area contributed by atoms with Gasteiger partial charge in [0.1, 0.15) is 5.75 Å². The zero-order chi connectivity index (χ0) is 15.9. The van der Waals surface area contributed by atoms with Gasteiger partial charge in [0.25, 0.3) is 11.8 Å². The number of rotatable bonds is 8. The van der Waals surface area contributed by atoms with Crippen molar-refractivity contribution in [3.05, 3.63) is 29.8 Å². The number of carbonyl (C=O) groups excluding carboxylic acids is 2. The molecule has 1 aromatic carbocycles. The average molecular weight is 296 g/mol. The molecule has 0 fully saturated rings. The third-order valence-electron chi connectivity index (χ3n) is 3.20. The molecule has 0 heterocycles. The van der Waals surface area contributed by atoms with E-state index in [1.165, 1.54) is 12.1 Å². The lowest BCUT2D eigenvalue weighted by Gasteiger charge is -2.29. The minimum atomic E-state index is -1.08. The zero-order valence-corrected chi connectivity index (χ0v) is 11.8. The van der Waals surface area contributed by atoms with E-state index in [0.29, 0.717) is 6.42 Å². The van der Waals surface area contributed by atoms with E-state index < -0.39 is 17.4 Å². The van der Waals surface area contributed by atoms with E-state index in [2.05, 4.69) is 5.32 Å². The summed E-state index contributed by atoms with van der Waals surface area (Å²) in [5.74, 6) is -0.964. The molecule has 0 spiro atoms. The van der Waals surface area contributed by atoms with Gasteiger partial charge in [-0.05, 0) is 18.6 Å². The number of amides is 2. The number of primary amides is 1. The van der Waals surface area contributed by atoms with Crippen LogP contribution >= 0.6 is 0 Å². The summed E-state index contributed by atoms with van der Waals surface area (Å²) in [5, 5.41) is 21.0. The first kappa shape index (κ1) is 16.9. The van der Waals surface area contributed by atoms with Gasteiger partial charge in [-0.15, -0.1) is 0 Å². The summed E-state index contributed by atoms with van der Waals surface area (Å²) < 4.78 is 5.26. The lowest BCUT2D eigenvalue weighted by molar-refractivity contribution is -0.126. The number of carbonyl (C=O) groups is 2. The van der Waals surface area contributed by atoms with Crippen LogP contribution in [0.1, 0.15) is 23.7 Å². The SMILES string of the molecule is CCC(CO)(CO)NC(=O)COc1ccccc1C(N)=O. The monoisotopic (exact) mass is 296 g/mol. The van der Waals surface area contributed by atoms with E-state index in [1.54, 1.807) is 19.1 Å². The Hall–Kier alpha value is -2.12. The van der Waals surface area contributed by atoms with Gasteiger partial charge >= 0.3 is 0 Å². The van der Waals surface area contributed by atoms with Gasteiger partial charge in [-0.3, -0.25) is 9.59 Å². The van der Waals surface area contributed by atoms with Crippen LogP contribution in [-0.2, 0) is 4.79 Å². The number of aliphatic hydroxyl groups excluding tert-OH is 2. The van der Waals surface area contributed by atoms with E-state index in [4.69, 9.17) is 10.5 Å². The first-order valence-electron chi connectivity index (χ1n) is 6.52. The van der Waals surface area contributed by atoms with Crippen LogP contribution in [0.25, 0.3) is 0 Å². The molecule has 0 bridgehead atoms. The minimum Gasteiger partial charge on any atom is -0.483 e. The fourth-order valence-corrected chi connectivity index (χ4v) is 1.71. The first-order chi connectivity index (χ1) is 9.98. The average Bonchev–Trinajstić information content (AvgIpc) is 2.51. The van der Waals surface area contributed by atoms with Crippen LogP contribution in [0.15, 0.2) is 24.3 Å². The second-order valence-electron chi connectivity index (χ2n) is 4.65. The van der Waals surface area contributed by atoms with Crippen LogP contribution in [-0.4, -0.2) is 47.4 Å². The van der Waals surface area contributed by atoms with E-state index in [9.17, 15) is 19.8 Å². The van der Waals surface area contributed by atoms with E-state index in [0.717, 1.165) is 0 Å². The van der Waals surface area contributed by atoms with Gasteiger partial charge in [0.2, 0.25) is 0 Å². The Balaban J connectivity index is 2.68. The topological polar surface area (TPSA) is 122 Å². The Labute approximate surface area is 122 Å². The molecular weight excluding hydrogens is 276 g/mol. The number of aliphatic hydroxyl groups is 2. The third kappa shape index (κ3) is 4.44. The highest BCUT2D eigenvalue weighted by Gasteiger charge is 2.28. The van der Waals surface area contributed by atoms with Crippen molar-refractivity contribution in [2.24, 2.45) is 5.73 Å². The van der Waals surface area contributed by atoms with Crippen LogP contribution in [0.4, 0.5) is 0 Å². The first-order valence-corrected chi connectivity index (χ1v) is 6.52. The highest BCUT2D eigenvalue weighted by atomic mass is 16.5. The molecule has 0 saturated heterocycles. The lowest BCUT2D eigenvalue weighted by Crippen LogP contribution is -2.55. The number of hydrogen-bond donors (Lipinski definition) is 4. The van der Waals surface area contributed by atoms with Gasteiger partial charge in [-0.25, -0.2) is 0 Å². The quantitative estimate of drug-likeness (QED) is 0.511. The fraction of sp³-hybridized carbons (Fsp3) is 0.429. The molecule has 5 N–H and O–H groups in total.